The molecule has 0 saturated heterocycles. The zero-order valence-electron chi connectivity index (χ0n) is 22.1. The number of halogens is 1. The third kappa shape index (κ3) is 4.63. The highest BCUT2D eigenvalue weighted by Gasteiger charge is 2.26. The van der Waals surface area contributed by atoms with Crippen LogP contribution in [0.15, 0.2) is 67.9 Å². The summed E-state index contributed by atoms with van der Waals surface area (Å²) in [5.41, 5.74) is -0.0326. The van der Waals surface area contributed by atoms with Gasteiger partial charge in [-0.2, -0.15) is 9.78 Å². The monoisotopic (exact) mass is 530 g/mol. The zero-order valence-corrected chi connectivity index (χ0v) is 22.1. The van der Waals surface area contributed by atoms with Gasteiger partial charge in [0.05, 0.1) is 24.4 Å². The van der Waals surface area contributed by atoms with E-state index in [1.165, 1.54) is 29.2 Å². The number of aryl methyl sites for hydroxylation is 1. The predicted octanol–water partition coefficient (Wildman–Crippen LogP) is 3.66. The van der Waals surface area contributed by atoms with Crippen LogP contribution in [-0.4, -0.2) is 36.3 Å². The standard InChI is InChI=1S/C27H27FN8O3/c1-26(2,3)17-8-15-11-31-36(25(39)22(15)20(28)10-17)23-19(13-37)18(6-7-29-23)16-9-21(24(38)35(5)12-16)32-27(4)14-30-34-33-27/h6-12,14,32,37H,13H2,1-5H3. The lowest BCUT2D eigenvalue weighted by Crippen LogP contribution is -2.35. The van der Waals surface area contributed by atoms with E-state index in [1.54, 1.807) is 38.4 Å². The van der Waals surface area contributed by atoms with Crippen LogP contribution in [0.4, 0.5) is 10.1 Å². The smallest absolute Gasteiger partial charge is 0.283 e. The van der Waals surface area contributed by atoms with E-state index >= 15 is 4.39 Å². The number of hydrogen-bond donors (Lipinski definition) is 2. The Hall–Kier alpha value is -4.58. The maximum Gasteiger partial charge on any atom is 0.283 e. The maximum atomic E-state index is 15.2. The number of fused-ring (bicyclic) bond motifs is 1. The van der Waals surface area contributed by atoms with Crippen molar-refractivity contribution in [3.63, 3.8) is 0 Å². The number of nitrogens with one attached hydrogen (secondary N) is 1. The molecule has 39 heavy (non-hydrogen) atoms. The molecule has 1 aliphatic heterocycles. The summed E-state index contributed by atoms with van der Waals surface area (Å²) in [6, 6.07) is 6.37. The summed E-state index contributed by atoms with van der Waals surface area (Å²) in [5, 5.41) is 29.3. The normalized spacial score (nSPS) is 16.8. The van der Waals surface area contributed by atoms with E-state index < -0.39 is 23.6 Å². The van der Waals surface area contributed by atoms with Crippen LogP contribution >= 0.6 is 0 Å². The molecular formula is C27H27FN8O3. The second-order valence-electron chi connectivity index (χ2n) is 10.6. The molecule has 1 aliphatic rings. The topological polar surface area (TPSA) is 139 Å². The molecule has 0 fully saturated rings. The number of pyridine rings is 2. The first-order valence-corrected chi connectivity index (χ1v) is 12.2. The summed E-state index contributed by atoms with van der Waals surface area (Å²) in [4.78, 5) is 30.6. The molecule has 12 heteroatoms. The minimum absolute atomic E-state index is 0.0493. The Labute approximate surface area is 222 Å². The number of aliphatic hydroxyl groups is 1. The molecule has 1 atom stereocenters. The van der Waals surface area contributed by atoms with Crippen molar-refractivity contribution in [2.24, 2.45) is 22.5 Å². The van der Waals surface area contributed by atoms with Gasteiger partial charge in [-0.05, 0) is 53.0 Å². The Morgan fingerprint density at radius 2 is 1.92 bits per heavy atom. The van der Waals surface area contributed by atoms with E-state index in [4.69, 9.17) is 0 Å². The van der Waals surface area contributed by atoms with Crippen molar-refractivity contribution in [1.29, 1.82) is 0 Å². The lowest BCUT2D eigenvalue weighted by atomic mass is 9.86. The minimum atomic E-state index is -0.993. The molecule has 11 nitrogen and oxygen atoms in total. The average Bonchev–Trinajstić information content (AvgIpc) is 3.31. The first-order chi connectivity index (χ1) is 18.4. The third-order valence-electron chi connectivity index (χ3n) is 6.59. The summed E-state index contributed by atoms with van der Waals surface area (Å²) in [6.45, 7) is 7.08. The predicted molar refractivity (Wildman–Crippen MR) is 146 cm³/mol. The first-order valence-electron chi connectivity index (χ1n) is 12.2. The zero-order chi connectivity index (χ0) is 28.1. The van der Waals surface area contributed by atoms with Crippen molar-refractivity contribution >= 4 is 22.7 Å². The van der Waals surface area contributed by atoms with Crippen LogP contribution in [0, 0.1) is 5.82 Å². The highest BCUT2D eigenvalue weighted by molar-refractivity contribution is 5.83. The van der Waals surface area contributed by atoms with Gasteiger partial charge in [-0.1, -0.05) is 20.8 Å². The van der Waals surface area contributed by atoms with Crippen LogP contribution in [0.2, 0.25) is 0 Å². The number of nitrogens with zero attached hydrogens (tertiary/aromatic N) is 7. The molecule has 200 valence electrons. The molecular weight excluding hydrogens is 503 g/mol. The quantitative estimate of drug-likeness (QED) is 0.404. The summed E-state index contributed by atoms with van der Waals surface area (Å²) >= 11 is 0. The molecule has 4 aromatic rings. The number of rotatable bonds is 5. The average molecular weight is 531 g/mol. The molecule has 2 N–H and O–H groups in total. The summed E-state index contributed by atoms with van der Waals surface area (Å²) in [7, 11) is 1.59. The number of aliphatic hydroxyl groups excluding tert-OH is 1. The van der Waals surface area contributed by atoms with Gasteiger partial charge >= 0.3 is 0 Å². The fourth-order valence-corrected chi connectivity index (χ4v) is 4.47. The highest BCUT2D eigenvalue weighted by Crippen LogP contribution is 2.30. The van der Waals surface area contributed by atoms with Crippen LogP contribution in [0.5, 0.6) is 0 Å². The highest BCUT2D eigenvalue weighted by atomic mass is 19.1. The molecule has 1 aromatic carbocycles. The fourth-order valence-electron chi connectivity index (χ4n) is 4.47. The molecule has 0 amide bonds. The second kappa shape index (κ2) is 9.31. The first kappa shape index (κ1) is 26.0. The van der Waals surface area contributed by atoms with E-state index in [-0.39, 0.29) is 33.4 Å². The van der Waals surface area contributed by atoms with Gasteiger partial charge in [0.2, 0.25) is 0 Å². The van der Waals surface area contributed by atoms with E-state index in [0.717, 1.165) is 10.2 Å². The van der Waals surface area contributed by atoms with E-state index in [0.29, 0.717) is 16.5 Å². The van der Waals surface area contributed by atoms with Crippen LogP contribution in [-0.2, 0) is 19.1 Å². The summed E-state index contributed by atoms with van der Waals surface area (Å²) in [5.74, 6) is -0.608. The van der Waals surface area contributed by atoms with E-state index in [1.807, 2.05) is 20.8 Å². The Bertz CT molecular complexity index is 1790. The van der Waals surface area contributed by atoms with Crippen molar-refractivity contribution < 1.29 is 9.50 Å². The van der Waals surface area contributed by atoms with Gasteiger partial charge in [0.15, 0.2) is 11.5 Å². The maximum absolute atomic E-state index is 15.2. The van der Waals surface area contributed by atoms with Crippen molar-refractivity contribution in [3.05, 3.63) is 80.5 Å². The Morgan fingerprint density at radius 1 is 1.15 bits per heavy atom. The minimum Gasteiger partial charge on any atom is -0.392 e. The number of aromatic nitrogens is 4. The van der Waals surface area contributed by atoms with Crippen LogP contribution < -0.4 is 16.4 Å². The Morgan fingerprint density at radius 3 is 2.59 bits per heavy atom. The summed E-state index contributed by atoms with van der Waals surface area (Å²) < 4.78 is 17.6. The van der Waals surface area contributed by atoms with Crippen molar-refractivity contribution in [1.82, 2.24) is 19.3 Å². The van der Waals surface area contributed by atoms with Gasteiger partial charge in [-0.3, -0.25) is 9.59 Å². The molecule has 0 spiro atoms. The van der Waals surface area contributed by atoms with Gasteiger partial charge in [-0.25, -0.2) is 9.37 Å². The molecule has 4 heterocycles. The molecule has 0 aliphatic carbocycles. The molecule has 3 aromatic heterocycles. The van der Waals surface area contributed by atoms with Crippen molar-refractivity contribution in [3.8, 4) is 16.9 Å². The Balaban J connectivity index is 1.67. The van der Waals surface area contributed by atoms with Gasteiger partial charge in [0.1, 0.15) is 11.5 Å². The van der Waals surface area contributed by atoms with Gasteiger partial charge in [0, 0.05) is 36.0 Å². The number of anilines is 1. The summed E-state index contributed by atoms with van der Waals surface area (Å²) in [6.07, 6.45) is 5.95. The number of hydrogen-bond acceptors (Lipinski definition) is 9. The molecule has 0 bridgehead atoms. The van der Waals surface area contributed by atoms with E-state index in [2.05, 4.69) is 30.8 Å². The van der Waals surface area contributed by atoms with E-state index in [9.17, 15) is 14.7 Å². The van der Waals surface area contributed by atoms with Gasteiger partial charge in [0.25, 0.3) is 11.1 Å². The van der Waals surface area contributed by atoms with Gasteiger partial charge < -0.3 is 15.0 Å². The SMILES string of the molecule is Cn1cc(-c2ccnc(-n3ncc4cc(C(C)(C)C)cc(F)c4c3=O)c2CO)cc(NC2(C)C=NN=N2)c1=O. The lowest BCUT2D eigenvalue weighted by Gasteiger charge is -2.20. The molecule has 0 saturated carbocycles. The fraction of sp³-hybridized carbons (Fsp3) is 0.296. The largest absolute Gasteiger partial charge is 0.392 e. The second-order valence-corrected chi connectivity index (χ2v) is 10.6. The lowest BCUT2D eigenvalue weighted by molar-refractivity contribution is 0.281. The molecule has 1 unspecified atom stereocenters. The Kier molecular flexibility index (Phi) is 6.22. The van der Waals surface area contributed by atoms with Crippen molar-refractivity contribution in [2.75, 3.05) is 5.32 Å². The van der Waals surface area contributed by atoms with Crippen LogP contribution in [0.25, 0.3) is 27.7 Å². The number of benzene rings is 1. The van der Waals surface area contributed by atoms with Crippen molar-refractivity contribution in [2.45, 2.75) is 45.4 Å². The molecule has 0 radical (unpaired) electrons. The third-order valence-corrected chi connectivity index (χ3v) is 6.59. The molecule has 5 rings (SSSR count). The van der Waals surface area contributed by atoms with Crippen LogP contribution in [0.1, 0.15) is 38.8 Å². The van der Waals surface area contributed by atoms with Gasteiger partial charge in [-0.15, -0.1) is 10.2 Å². The van der Waals surface area contributed by atoms with Crippen LogP contribution in [0.3, 0.4) is 0 Å².